The number of hydrogen-bond donors (Lipinski definition) is 0. The summed E-state index contributed by atoms with van der Waals surface area (Å²) in [5, 5.41) is 0. The highest BCUT2D eigenvalue weighted by Crippen LogP contribution is 2.67. The fraction of sp³-hybridized carbons (Fsp3) is 0.828. The first-order chi connectivity index (χ1) is 14.2. The normalized spacial score (nSPS) is 43.2. The monoisotopic (exact) mass is 410 g/mol. The Balaban J connectivity index is 1.52. The molecule has 0 spiro atoms. The van der Waals surface area contributed by atoms with Gasteiger partial charge >= 0.3 is 0 Å². The van der Waals surface area contributed by atoms with Crippen LogP contribution in [-0.4, -0.2) is 5.78 Å². The lowest BCUT2D eigenvalue weighted by molar-refractivity contribution is -0.117. The van der Waals surface area contributed by atoms with Crippen LogP contribution in [0.1, 0.15) is 99.3 Å². The second-order valence-corrected chi connectivity index (χ2v) is 12.3. The molecule has 1 heteroatoms. The highest BCUT2D eigenvalue weighted by Gasteiger charge is 2.59. The van der Waals surface area contributed by atoms with Crippen molar-refractivity contribution in [1.29, 1.82) is 0 Å². The molecule has 4 aliphatic rings. The van der Waals surface area contributed by atoms with Crippen LogP contribution in [-0.2, 0) is 4.79 Å². The highest BCUT2D eigenvalue weighted by molar-refractivity contribution is 5.91. The van der Waals surface area contributed by atoms with Crippen molar-refractivity contribution >= 4 is 5.78 Å². The first-order valence-electron chi connectivity index (χ1n) is 13.1. The molecule has 0 heterocycles. The smallest absolute Gasteiger partial charge is 0.155 e. The highest BCUT2D eigenvalue weighted by atomic mass is 16.1. The predicted octanol–water partition coefficient (Wildman–Crippen LogP) is 8.01. The van der Waals surface area contributed by atoms with Gasteiger partial charge in [-0.1, -0.05) is 59.3 Å². The van der Waals surface area contributed by atoms with E-state index in [1.165, 1.54) is 50.5 Å². The maximum absolute atomic E-state index is 12.1. The Morgan fingerprint density at radius 1 is 1.00 bits per heavy atom. The molecule has 0 N–H and O–H groups in total. The molecule has 0 aromatic rings. The van der Waals surface area contributed by atoms with Gasteiger partial charge in [0.15, 0.2) is 5.78 Å². The summed E-state index contributed by atoms with van der Waals surface area (Å²) in [4.78, 5) is 12.1. The third-order valence-electron chi connectivity index (χ3n) is 10.7. The Morgan fingerprint density at radius 2 is 1.77 bits per heavy atom. The summed E-state index contributed by atoms with van der Waals surface area (Å²) >= 11 is 0. The van der Waals surface area contributed by atoms with Crippen LogP contribution in [0.2, 0.25) is 0 Å². The first kappa shape index (κ1) is 22.3. The van der Waals surface area contributed by atoms with Gasteiger partial charge in [-0.25, -0.2) is 0 Å². The third kappa shape index (κ3) is 3.57. The minimum Gasteiger partial charge on any atom is -0.295 e. The summed E-state index contributed by atoms with van der Waals surface area (Å²) in [5.41, 5.74) is 2.34. The van der Waals surface area contributed by atoms with E-state index in [4.69, 9.17) is 0 Å². The van der Waals surface area contributed by atoms with Crippen molar-refractivity contribution in [3.8, 4) is 0 Å². The van der Waals surface area contributed by atoms with Crippen molar-refractivity contribution in [2.45, 2.75) is 99.3 Å². The van der Waals surface area contributed by atoms with E-state index < -0.39 is 0 Å². The van der Waals surface area contributed by atoms with Gasteiger partial charge in [0.2, 0.25) is 0 Å². The van der Waals surface area contributed by atoms with Gasteiger partial charge in [-0.15, -0.1) is 0 Å². The molecule has 0 aliphatic heterocycles. The molecule has 8 atom stereocenters. The lowest BCUT2D eigenvalue weighted by atomic mass is 9.46. The lowest BCUT2D eigenvalue weighted by Gasteiger charge is -2.58. The summed E-state index contributed by atoms with van der Waals surface area (Å²) in [6, 6.07) is 0. The van der Waals surface area contributed by atoms with Gasteiger partial charge in [-0.05, 0) is 110 Å². The molecular weight excluding hydrogens is 364 g/mol. The van der Waals surface area contributed by atoms with E-state index >= 15 is 0 Å². The van der Waals surface area contributed by atoms with Crippen LogP contribution in [0.15, 0.2) is 23.8 Å². The number of hydrogen-bond acceptors (Lipinski definition) is 1. The minimum absolute atomic E-state index is 0.313. The van der Waals surface area contributed by atoms with Gasteiger partial charge in [0.05, 0.1) is 0 Å². The number of rotatable bonds is 5. The molecule has 4 aliphatic carbocycles. The van der Waals surface area contributed by atoms with E-state index in [0.717, 1.165) is 48.3 Å². The van der Waals surface area contributed by atoms with Gasteiger partial charge in [-0.3, -0.25) is 4.79 Å². The first-order valence-corrected chi connectivity index (χ1v) is 13.1. The van der Waals surface area contributed by atoms with Gasteiger partial charge in [0, 0.05) is 6.42 Å². The Morgan fingerprint density at radius 3 is 2.47 bits per heavy atom. The summed E-state index contributed by atoms with van der Waals surface area (Å²) < 4.78 is 0. The van der Waals surface area contributed by atoms with Gasteiger partial charge in [0.1, 0.15) is 0 Å². The molecule has 0 amide bonds. The van der Waals surface area contributed by atoms with Crippen molar-refractivity contribution in [3.63, 3.8) is 0 Å². The molecule has 0 saturated heterocycles. The van der Waals surface area contributed by atoms with Gasteiger partial charge < -0.3 is 0 Å². The third-order valence-corrected chi connectivity index (χ3v) is 10.7. The van der Waals surface area contributed by atoms with Crippen LogP contribution < -0.4 is 0 Å². The van der Waals surface area contributed by atoms with Crippen LogP contribution in [0.25, 0.3) is 0 Å². The van der Waals surface area contributed by atoms with Crippen LogP contribution in [0, 0.1) is 52.3 Å². The predicted molar refractivity (Wildman–Crippen MR) is 127 cm³/mol. The quantitative estimate of drug-likeness (QED) is 0.419. The molecule has 0 aromatic heterocycles. The molecular formula is C29H46O. The fourth-order valence-corrected chi connectivity index (χ4v) is 8.75. The van der Waals surface area contributed by atoms with E-state index in [1.807, 2.05) is 0 Å². The Bertz CT molecular complexity index is 714. The number of carbonyl (C=O) groups excluding carboxylic acids is 1. The van der Waals surface area contributed by atoms with Crippen LogP contribution in [0.3, 0.4) is 0 Å². The van der Waals surface area contributed by atoms with E-state index in [9.17, 15) is 4.79 Å². The lowest BCUT2D eigenvalue weighted by Crippen LogP contribution is -2.50. The zero-order chi connectivity index (χ0) is 21.7. The number of fused-ring (bicyclic) bond motifs is 5. The topological polar surface area (TPSA) is 17.1 Å². The average molecular weight is 411 g/mol. The zero-order valence-corrected chi connectivity index (χ0v) is 20.5. The van der Waals surface area contributed by atoms with Crippen molar-refractivity contribution in [3.05, 3.63) is 23.8 Å². The Labute approximate surface area is 186 Å². The molecule has 30 heavy (non-hydrogen) atoms. The maximum Gasteiger partial charge on any atom is 0.155 e. The van der Waals surface area contributed by atoms with Crippen molar-refractivity contribution in [1.82, 2.24) is 0 Å². The summed E-state index contributed by atoms with van der Waals surface area (Å²) in [7, 11) is 0. The molecule has 3 saturated carbocycles. The van der Waals surface area contributed by atoms with E-state index in [-0.39, 0.29) is 0 Å². The molecule has 0 unspecified atom stereocenters. The summed E-state index contributed by atoms with van der Waals surface area (Å²) in [6.07, 6.45) is 18.5. The van der Waals surface area contributed by atoms with Crippen LogP contribution >= 0.6 is 0 Å². The van der Waals surface area contributed by atoms with Crippen molar-refractivity contribution in [2.75, 3.05) is 0 Å². The van der Waals surface area contributed by atoms with Gasteiger partial charge in [-0.2, -0.15) is 0 Å². The number of allylic oxidation sites excluding steroid dienone is 3. The number of carbonyl (C=O) groups is 1. The molecule has 0 radical (unpaired) electrons. The maximum atomic E-state index is 12.1. The second-order valence-electron chi connectivity index (χ2n) is 12.3. The molecule has 4 rings (SSSR count). The molecule has 1 nitrogen and oxygen atoms in total. The molecule has 168 valence electrons. The Hall–Kier alpha value is -0.850. The summed E-state index contributed by atoms with van der Waals surface area (Å²) in [5.74, 6) is 6.01. The van der Waals surface area contributed by atoms with Gasteiger partial charge in [0.25, 0.3) is 0 Å². The average Bonchev–Trinajstić information content (AvgIpc) is 3.06. The largest absolute Gasteiger partial charge is 0.295 e. The van der Waals surface area contributed by atoms with E-state index in [0.29, 0.717) is 22.5 Å². The standard InChI is InChI=1S/C29H46O/c1-7-21(19(2)3)9-8-20(4)25-12-13-26-24-11-10-22-18-23(30)14-16-28(22,5)27(24)15-17-29(25,26)6/h8-9,18-21,24-27H,7,10-17H2,1-6H3/b9-8+/t20-,21+,24+,25-,26+,27+,28-,29+/m0/s1. The molecule has 0 aromatic carbocycles. The van der Waals surface area contributed by atoms with Crippen LogP contribution in [0.4, 0.5) is 0 Å². The fourth-order valence-electron chi connectivity index (χ4n) is 8.75. The van der Waals surface area contributed by atoms with E-state index in [2.05, 4.69) is 59.8 Å². The number of ketones is 1. The SMILES string of the molecule is CC[C@H](/C=C/[C@H](C)[C@@H]1CC[C@@H]2[C@H]3CCC4=CC(=O)CC[C@]4(C)[C@@H]3CC[C@@]21C)C(C)C. The second kappa shape index (κ2) is 8.25. The molecule has 0 bridgehead atoms. The summed E-state index contributed by atoms with van der Waals surface area (Å²) in [6.45, 7) is 14.7. The van der Waals surface area contributed by atoms with Crippen LogP contribution in [0.5, 0.6) is 0 Å². The minimum atomic E-state index is 0.313. The van der Waals surface area contributed by atoms with E-state index in [1.54, 1.807) is 0 Å². The van der Waals surface area contributed by atoms with Crippen molar-refractivity contribution < 1.29 is 4.79 Å². The molecule has 3 fully saturated rings. The van der Waals surface area contributed by atoms with Crippen molar-refractivity contribution in [2.24, 2.45) is 52.3 Å². The zero-order valence-electron chi connectivity index (χ0n) is 20.5. The Kier molecular flexibility index (Phi) is 6.15.